The molecule has 0 aromatic heterocycles. The fourth-order valence-electron chi connectivity index (χ4n) is 4.83. The van der Waals surface area contributed by atoms with E-state index in [0.717, 1.165) is 51.6 Å². The summed E-state index contributed by atoms with van der Waals surface area (Å²) in [4.78, 5) is 15.4. The lowest BCUT2D eigenvalue weighted by Crippen LogP contribution is -2.43. The molecule has 0 aliphatic carbocycles. The van der Waals surface area contributed by atoms with Crippen LogP contribution in [-0.2, 0) is 14.8 Å². The molecule has 6 nitrogen and oxygen atoms in total. The zero-order chi connectivity index (χ0) is 22.6. The number of para-hydroxylation sites is 1. The van der Waals surface area contributed by atoms with Gasteiger partial charge in [0.15, 0.2) is 0 Å². The minimum atomic E-state index is -3.51. The van der Waals surface area contributed by atoms with Crippen LogP contribution in [0.3, 0.4) is 0 Å². The average molecular weight is 456 g/mol. The van der Waals surface area contributed by atoms with Crippen molar-refractivity contribution < 1.29 is 13.2 Å². The zero-order valence-corrected chi connectivity index (χ0v) is 19.6. The van der Waals surface area contributed by atoms with Crippen LogP contribution >= 0.6 is 0 Å². The number of amides is 1. The predicted octanol–water partition coefficient (Wildman–Crippen LogP) is 4.49. The second-order valence-corrected chi connectivity index (χ2v) is 10.7. The molecule has 172 valence electrons. The van der Waals surface area contributed by atoms with E-state index in [9.17, 15) is 13.2 Å². The molecule has 2 aliphatic rings. The number of hydrogen-bond donors (Lipinski definition) is 1. The maximum absolute atomic E-state index is 13.1. The van der Waals surface area contributed by atoms with Gasteiger partial charge in [0.05, 0.1) is 4.90 Å². The molecule has 1 unspecified atom stereocenters. The van der Waals surface area contributed by atoms with E-state index in [1.54, 1.807) is 28.6 Å². The van der Waals surface area contributed by atoms with E-state index >= 15 is 0 Å². The van der Waals surface area contributed by atoms with Crippen molar-refractivity contribution in [3.05, 3.63) is 54.6 Å². The van der Waals surface area contributed by atoms with Gasteiger partial charge < -0.3 is 10.2 Å². The predicted molar refractivity (Wildman–Crippen MR) is 128 cm³/mol. The van der Waals surface area contributed by atoms with Gasteiger partial charge in [-0.3, -0.25) is 4.79 Å². The van der Waals surface area contributed by atoms with Crippen LogP contribution in [0.25, 0.3) is 0 Å². The third-order valence-corrected chi connectivity index (χ3v) is 8.73. The van der Waals surface area contributed by atoms with Crippen molar-refractivity contribution in [2.75, 3.05) is 29.9 Å². The second kappa shape index (κ2) is 10.0. The second-order valence-electron chi connectivity index (χ2n) is 8.78. The minimum Gasteiger partial charge on any atom is -0.371 e. The maximum atomic E-state index is 13.1. The van der Waals surface area contributed by atoms with E-state index in [4.69, 9.17) is 0 Å². The molecule has 2 aliphatic heterocycles. The van der Waals surface area contributed by atoms with Gasteiger partial charge in [-0.1, -0.05) is 31.5 Å². The van der Waals surface area contributed by atoms with Gasteiger partial charge in [-0.25, -0.2) is 8.42 Å². The fourth-order valence-corrected chi connectivity index (χ4v) is 6.59. The van der Waals surface area contributed by atoms with Gasteiger partial charge in [0.25, 0.3) is 0 Å². The highest BCUT2D eigenvalue weighted by molar-refractivity contribution is 7.89. The molecule has 0 saturated carbocycles. The SMILES string of the molecule is CCC1CCCCN1S(=O)(=O)c1ccc(NC(=O)C2CCN(c3ccccc3)CC2)cc1. The molecule has 2 heterocycles. The summed E-state index contributed by atoms with van der Waals surface area (Å²) in [6, 6.07) is 17.0. The van der Waals surface area contributed by atoms with Crippen molar-refractivity contribution in [1.82, 2.24) is 4.31 Å². The lowest BCUT2D eigenvalue weighted by molar-refractivity contribution is -0.120. The average Bonchev–Trinajstić information content (AvgIpc) is 2.85. The van der Waals surface area contributed by atoms with Gasteiger partial charge in [0.1, 0.15) is 0 Å². The lowest BCUT2D eigenvalue weighted by atomic mass is 9.95. The van der Waals surface area contributed by atoms with Gasteiger partial charge >= 0.3 is 0 Å². The molecule has 1 atom stereocenters. The Morgan fingerprint density at radius 3 is 2.28 bits per heavy atom. The van der Waals surface area contributed by atoms with Crippen LogP contribution in [0.1, 0.15) is 45.4 Å². The number of nitrogens with zero attached hydrogens (tertiary/aromatic N) is 2. The van der Waals surface area contributed by atoms with Crippen LogP contribution < -0.4 is 10.2 Å². The molecule has 2 fully saturated rings. The van der Waals surface area contributed by atoms with E-state index in [1.165, 1.54) is 5.69 Å². The van der Waals surface area contributed by atoms with Crippen molar-refractivity contribution in [1.29, 1.82) is 0 Å². The molecule has 2 saturated heterocycles. The Kier molecular flexibility index (Phi) is 7.16. The summed E-state index contributed by atoms with van der Waals surface area (Å²) in [6.07, 6.45) is 5.36. The summed E-state index contributed by atoms with van der Waals surface area (Å²) in [5.41, 5.74) is 1.84. The molecule has 1 amide bonds. The maximum Gasteiger partial charge on any atom is 0.243 e. The number of benzene rings is 2. The number of sulfonamides is 1. The van der Waals surface area contributed by atoms with Crippen LogP contribution in [0.5, 0.6) is 0 Å². The van der Waals surface area contributed by atoms with E-state index in [1.807, 2.05) is 25.1 Å². The molecule has 2 aromatic rings. The first kappa shape index (κ1) is 22.8. The molecule has 32 heavy (non-hydrogen) atoms. The van der Waals surface area contributed by atoms with Crippen LogP contribution in [0.15, 0.2) is 59.5 Å². The Morgan fingerprint density at radius 2 is 1.62 bits per heavy atom. The Morgan fingerprint density at radius 1 is 0.938 bits per heavy atom. The third kappa shape index (κ3) is 4.99. The van der Waals surface area contributed by atoms with E-state index in [-0.39, 0.29) is 17.9 Å². The molecular weight excluding hydrogens is 422 g/mol. The summed E-state index contributed by atoms with van der Waals surface area (Å²) in [7, 11) is -3.51. The smallest absolute Gasteiger partial charge is 0.243 e. The van der Waals surface area contributed by atoms with Crippen LogP contribution in [0.2, 0.25) is 0 Å². The fraction of sp³-hybridized carbons (Fsp3) is 0.480. The largest absolute Gasteiger partial charge is 0.371 e. The number of anilines is 2. The molecular formula is C25H33N3O3S. The number of nitrogens with one attached hydrogen (secondary N) is 1. The van der Waals surface area contributed by atoms with E-state index in [2.05, 4.69) is 22.3 Å². The number of carbonyl (C=O) groups is 1. The zero-order valence-electron chi connectivity index (χ0n) is 18.7. The third-order valence-electron chi connectivity index (χ3n) is 6.76. The molecule has 1 N–H and O–H groups in total. The summed E-state index contributed by atoms with van der Waals surface area (Å²) in [5, 5.41) is 2.98. The lowest BCUT2D eigenvalue weighted by Gasteiger charge is -2.34. The van der Waals surface area contributed by atoms with Crippen molar-refractivity contribution >= 4 is 27.3 Å². The topological polar surface area (TPSA) is 69.7 Å². The van der Waals surface area contributed by atoms with Gasteiger partial charge in [-0.2, -0.15) is 4.31 Å². The highest BCUT2D eigenvalue weighted by Gasteiger charge is 2.32. The molecule has 7 heteroatoms. The quantitative estimate of drug-likeness (QED) is 0.697. The number of rotatable bonds is 6. The standard InChI is InChI=1S/C25H33N3O3S/c1-2-22-8-6-7-17-28(22)32(30,31)24-13-11-21(12-14-24)26-25(29)20-15-18-27(19-16-20)23-9-4-3-5-10-23/h3-5,9-14,20,22H,2,6-8,15-19H2,1H3,(H,26,29). The molecule has 4 rings (SSSR count). The number of hydrogen-bond acceptors (Lipinski definition) is 4. The monoisotopic (exact) mass is 455 g/mol. The first-order valence-corrected chi connectivity index (χ1v) is 13.2. The first-order valence-electron chi connectivity index (χ1n) is 11.7. The van der Waals surface area contributed by atoms with Gasteiger partial charge in [0.2, 0.25) is 15.9 Å². The van der Waals surface area contributed by atoms with Crippen molar-refractivity contribution in [3.8, 4) is 0 Å². The Bertz CT molecular complexity index is 1000. The van der Waals surface area contributed by atoms with Gasteiger partial charge in [-0.05, 0) is 68.5 Å². The van der Waals surface area contributed by atoms with Crippen molar-refractivity contribution in [2.24, 2.45) is 5.92 Å². The number of carbonyl (C=O) groups excluding carboxylic acids is 1. The van der Waals surface area contributed by atoms with Crippen molar-refractivity contribution in [3.63, 3.8) is 0 Å². The summed E-state index contributed by atoms with van der Waals surface area (Å²) in [6.45, 7) is 4.34. The highest BCUT2D eigenvalue weighted by Crippen LogP contribution is 2.28. The number of piperidine rings is 2. The summed E-state index contributed by atoms with van der Waals surface area (Å²) in [5.74, 6) is -0.0209. The first-order chi connectivity index (χ1) is 15.5. The molecule has 2 aromatic carbocycles. The summed E-state index contributed by atoms with van der Waals surface area (Å²) < 4.78 is 27.9. The minimum absolute atomic E-state index is 0.00963. The Balaban J connectivity index is 1.35. The molecule has 0 bridgehead atoms. The van der Waals surface area contributed by atoms with Crippen LogP contribution in [0, 0.1) is 5.92 Å². The molecule has 0 spiro atoms. The molecule has 0 radical (unpaired) electrons. The normalized spacial score (nSPS) is 20.8. The van der Waals surface area contributed by atoms with E-state index < -0.39 is 10.0 Å². The van der Waals surface area contributed by atoms with Crippen LogP contribution in [0.4, 0.5) is 11.4 Å². The summed E-state index contributed by atoms with van der Waals surface area (Å²) >= 11 is 0. The van der Waals surface area contributed by atoms with Crippen LogP contribution in [-0.4, -0.2) is 44.3 Å². The van der Waals surface area contributed by atoms with E-state index in [0.29, 0.717) is 17.1 Å². The Hall–Kier alpha value is -2.38. The van der Waals surface area contributed by atoms with Crippen molar-refractivity contribution in [2.45, 2.75) is 56.4 Å². The van der Waals surface area contributed by atoms with Gasteiger partial charge in [0, 0.05) is 43.0 Å². The highest BCUT2D eigenvalue weighted by atomic mass is 32.2. The Labute approximate surface area is 191 Å². The van der Waals surface area contributed by atoms with Gasteiger partial charge in [-0.15, -0.1) is 0 Å².